The Morgan fingerprint density at radius 2 is 1.04 bits per heavy atom. The van der Waals surface area contributed by atoms with E-state index < -0.39 is 62.7 Å². The van der Waals surface area contributed by atoms with E-state index in [9.17, 15) is 39.6 Å². The molecule has 0 heterocycles. The predicted octanol–water partition coefficient (Wildman–Crippen LogP) is -19.6. The monoisotopic (exact) mass is 424 g/mol. The number of nitrogens with zero attached hydrogens (tertiary/aromatic N) is 2. The van der Waals surface area contributed by atoms with Gasteiger partial charge in [-0.2, -0.15) is 0 Å². The largest absolute Gasteiger partial charge is 1.00 e. The van der Waals surface area contributed by atoms with Gasteiger partial charge in [-0.25, -0.2) is 0 Å². The molecule has 132 valence electrons. The molecule has 0 radical (unpaired) electrons. The van der Waals surface area contributed by atoms with Crippen LogP contribution in [0.15, 0.2) is 0 Å². The molecule has 0 saturated carbocycles. The summed E-state index contributed by atoms with van der Waals surface area (Å²) >= 11 is 0. The number of hydrogen-bond acceptors (Lipinski definition) is 11. The molecule has 0 fully saturated rings. The molecule has 0 amide bonds. The number of hydrogen-bond donors (Lipinski definition) is 1. The normalized spacial score (nSPS) is 10.5. The van der Waals surface area contributed by atoms with E-state index in [4.69, 9.17) is 5.11 Å². The van der Waals surface area contributed by atoms with Crippen molar-refractivity contribution in [2.45, 2.75) is 12.5 Å². The zero-order chi connectivity index (χ0) is 18.0. The van der Waals surface area contributed by atoms with Crippen LogP contribution < -0.4 is 139 Å². The molecular formula is C12H16N2Na4O9. The summed E-state index contributed by atoms with van der Waals surface area (Å²) in [5.41, 5.74) is 0. The van der Waals surface area contributed by atoms with Gasteiger partial charge in [-0.15, -0.1) is 0 Å². The molecule has 0 saturated heterocycles. The smallest absolute Gasteiger partial charge is 0.549 e. The van der Waals surface area contributed by atoms with Crippen molar-refractivity contribution in [2.24, 2.45) is 0 Å². The Bertz CT molecular complexity index is 425. The van der Waals surface area contributed by atoms with Crippen molar-refractivity contribution in [3.05, 3.63) is 0 Å². The minimum atomic E-state index is -1.60. The fourth-order valence-electron chi connectivity index (χ4n) is 2.03. The zero-order valence-electron chi connectivity index (χ0n) is 16.1. The maximum Gasteiger partial charge on any atom is 1.00 e. The van der Waals surface area contributed by atoms with Crippen molar-refractivity contribution in [2.75, 3.05) is 39.3 Å². The molecule has 27 heavy (non-hydrogen) atoms. The van der Waals surface area contributed by atoms with Crippen LogP contribution in [-0.2, 0) is 19.2 Å². The number of aliphatic hydroxyl groups excluding tert-OH is 1. The Kier molecular flexibility index (Phi) is 32.6. The maximum absolute atomic E-state index is 10.7. The van der Waals surface area contributed by atoms with Crippen molar-refractivity contribution in [1.29, 1.82) is 0 Å². The Morgan fingerprint density at radius 1 is 0.704 bits per heavy atom. The van der Waals surface area contributed by atoms with Gasteiger partial charge in [-0.1, -0.05) is 0 Å². The van der Waals surface area contributed by atoms with Crippen molar-refractivity contribution in [3.8, 4) is 0 Å². The molecule has 0 aromatic carbocycles. The van der Waals surface area contributed by atoms with Gasteiger partial charge in [-0.3, -0.25) is 9.80 Å². The van der Waals surface area contributed by atoms with Gasteiger partial charge in [0.15, 0.2) is 0 Å². The first-order chi connectivity index (χ1) is 10.6. The van der Waals surface area contributed by atoms with E-state index in [1.54, 1.807) is 0 Å². The van der Waals surface area contributed by atoms with Crippen LogP contribution in [0.2, 0.25) is 0 Å². The minimum absolute atomic E-state index is 0. The van der Waals surface area contributed by atoms with Crippen LogP contribution in [0.1, 0.15) is 6.42 Å². The van der Waals surface area contributed by atoms with E-state index in [0.717, 1.165) is 9.80 Å². The SMILES string of the molecule is O=C([O-])CN(CC(=O)[O-])CC(CCO)N(CC(=O)[O-])CC(=O)[O-].[Na+].[Na+].[Na+].[Na+]. The fraction of sp³-hybridized carbons (Fsp3) is 0.667. The quantitative estimate of drug-likeness (QED) is 0.277. The summed E-state index contributed by atoms with van der Waals surface area (Å²) in [5, 5.41) is 51.6. The number of aliphatic hydroxyl groups is 1. The topological polar surface area (TPSA) is 187 Å². The Balaban J connectivity index is -0.000000403. The van der Waals surface area contributed by atoms with E-state index in [2.05, 4.69) is 0 Å². The Labute approximate surface area is 245 Å². The average molecular weight is 424 g/mol. The molecule has 0 aliphatic heterocycles. The van der Waals surface area contributed by atoms with E-state index in [1.165, 1.54) is 0 Å². The number of carboxylic acids is 4. The Hall–Kier alpha value is 1.76. The van der Waals surface area contributed by atoms with Crippen molar-refractivity contribution in [1.82, 2.24) is 9.80 Å². The van der Waals surface area contributed by atoms with E-state index in [0.29, 0.717) is 0 Å². The van der Waals surface area contributed by atoms with E-state index in [-0.39, 0.29) is 131 Å². The molecule has 1 N–H and O–H groups in total. The second-order valence-electron chi connectivity index (χ2n) is 4.73. The summed E-state index contributed by atoms with van der Waals surface area (Å²) < 4.78 is 0. The van der Waals surface area contributed by atoms with Crippen LogP contribution in [0, 0.1) is 0 Å². The molecule has 0 bridgehead atoms. The van der Waals surface area contributed by atoms with Crippen LogP contribution in [-0.4, -0.2) is 84.2 Å². The summed E-state index contributed by atoms with van der Waals surface area (Å²) in [6, 6.07) is -0.963. The molecule has 0 aliphatic rings. The number of carbonyl (C=O) groups is 4. The number of rotatable bonds is 13. The van der Waals surface area contributed by atoms with Crippen LogP contribution in [0.25, 0.3) is 0 Å². The Morgan fingerprint density at radius 3 is 1.30 bits per heavy atom. The van der Waals surface area contributed by atoms with E-state index >= 15 is 0 Å². The predicted molar refractivity (Wildman–Crippen MR) is 63.5 cm³/mol. The summed E-state index contributed by atoms with van der Waals surface area (Å²) in [7, 11) is 0. The second kappa shape index (κ2) is 22.4. The van der Waals surface area contributed by atoms with Crippen molar-refractivity contribution in [3.63, 3.8) is 0 Å². The average Bonchev–Trinajstić information content (AvgIpc) is 2.34. The zero-order valence-corrected chi connectivity index (χ0v) is 24.1. The number of carbonyl (C=O) groups excluding carboxylic acids is 4. The summed E-state index contributed by atoms with van der Waals surface area (Å²) in [5.74, 6) is -6.36. The van der Waals surface area contributed by atoms with Gasteiger partial charge in [0.1, 0.15) is 0 Å². The summed E-state index contributed by atoms with van der Waals surface area (Å²) in [4.78, 5) is 44.4. The molecule has 0 aromatic rings. The first kappa shape index (κ1) is 39.3. The summed E-state index contributed by atoms with van der Waals surface area (Å²) in [6.45, 7) is -4.03. The molecule has 15 heteroatoms. The minimum Gasteiger partial charge on any atom is -0.549 e. The number of carboxylic acid groups (broad SMARTS) is 4. The third-order valence-electron chi connectivity index (χ3n) is 2.82. The van der Waals surface area contributed by atoms with Gasteiger partial charge < -0.3 is 44.7 Å². The first-order valence-electron chi connectivity index (χ1n) is 6.52. The molecule has 1 atom stereocenters. The molecule has 0 rings (SSSR count). The van der Waals surface area contributed by atoms with Crippen molar-refractivity contribution < 1.29 is 163 Å². The summed E-state index contributed by atoms with van der Waals surface area (Å²) in [6.07, 6.45) is -0.128. The van der Waals surface area contributed by atoms with Gasteiger partial charge in [-0.05, 0) is 6.42 Å². The van der Waals surface area contributed by atoms with Crippen LogP contribution in [0.3, 0.4) is 0 Å². The van der Waals surface area contributed by atoms with Crippen molar-refractivity contribution >= 4 is 23.9 Å². The van der Waals surface area contributed by atoms with Crippen LogP contribution >= 0.6 is 0 Å². The third kappa shape index (κ3) is 22.3. The van der Waals surface area contributed by atoms with Gasteiger partial charge in [0.2, 0.25) is 0 Å². The first-order valence-corrected chi connectivity index (χ1v) is 6.52. The van der Waals surface area contributed by atoms with Gasteiger partial charge in [0.05, 0.1) is 23.9 Å². The van der Waals surface area contributed by atoms with Gasteiger partial charge in [0, 0.05) is 45.4 Å². The fourth-order valence-corrected chi connectivity index (χ4v) is 2.03. The maximum atomic E-state index is 10.7. The van der Waals surface area contributed by atoms with Crippen LogP contribution in [0.4, 0.5) is 0 Å². The third-order valence-corrected chi connectivity index (χ3v) is 2.82. The second-order valence-corrected chi connectivity index (χ2v) is 4.73. The molecule has 11 nitrogen and oxygen atoms in total. The number of aliphatic carboxylic acids is 4. The standard InChI is InChI=1S/C12H20N2O9.4Na/c15-2-1-8(14(6-11(20)21)7-12(22)23)3-13(4-9(16)17)5-10(18)19;;;;/h8,15H,1-7H2,(H,16,17)(H,18,19)(H,20,21)(H,22,23);;;;/q;4*+1/p-4. The van der Waals surface area contributed by atoms with E-state index in [1.807, 2.05) is 0 Å². The molecule has 0 aliphatic carbocycles. The molecule has 0 spiro atoms. The van der Waals surface area contributed by atoms with Gasteiger partial charge in [0.25, 0.3) is 0 Å². The molecule has 0 aromatic heterocycles. The van der Waals surface area contributed by atoms with Crippen LogP contribution in [0.5, 0.6) is 0 Å². The van der Waals surface area contributed by atoms with Gasteiger partial charge >= 0.3 is 118 Å². The molecule has 1 unspecified atom stereocenters. The molecular weight excluding hydrogens is 408 g/mol.